The van der Waals surface area contributed by atoms with Crippen LogP contribution in [0.15, 0.2) is 12.1 Å². The number of nitrogens with one attached hydrogen (secondary N) is 1. The standard InChI is InChI=1S/C14H20N2O4S/c1-9(2)12-6-10(14(17)18)7-13(16-12)15-11-4-3-5-21(19,20)8-11/h6-7,9,11H,3-5,8H2,1-2H3,(H,15,16)(H,17,18). The molecule has 1 atom stereocenters. The van der Waals surface area contributed by atoms with Crippen LogP contribution >= 0.6 is 0 Å². The molecule has 1 aromatic heterocycles. The molecule has 1 aromatic rings. The first-order valence-corrected chi connectivity index (χ1v) is 8.81. The van der Waals surface area contributed by atoms with E-state index in [2.05, 4.69) is 10.3 Å². The minimum Gasteiger partial charge on any atom is -0.478 e. The van der Waals surface area contributed by atoms with E-state index < -0.39 is 15.8 Å². The summed E-state index contributed by atoms with van der Waals surface area (Å²) < 4.78 is 23.3. The summed E-state index contributed by atoms with van der Waals surface area (Å²) in [5.41, 5.74) is 0.839. The fourth-order valence-corrected chi connectivity index (χ4v) is 4.03. The molecule has 2 heterocycles. The number of sulfone groups is 1. The van der Waals surface area contributed by atoms with E-state index in [1.54, 1.807) is 6.07 Å². The van der Waals surface area contributed by atoms with Gasteiger partial charge in [0.2, 0.25) is 0 Å². The van der Waals surface area contributed by atoms with Crippen molar-refractivity contribution in [1.82, 2.24) is 4.98 Å². The maximum Gasteiger partial charge on any atom is 0.335 e. The number of carbonyl (C=O) groups is 1. The zero-order valence-corrected chi connectivity index (χ0v) is 13.0. The monoisotopic (exact) mass is 312 g/mol. The van der Waals surface area contributed by atoms with Gasteiger partial charge in [-0.3, -0.25) is 0 Å². The first-order valence-electron chi connectivity index (χ1n) is 6.99. The normalized spacial score (nSPS) is 21.2. The molecule has 7 heteroatoms. The highest BCUT2D eigenvalue weighted by Gasteiger charge is 2.25. The van der Waals surface area contributed by atoms with Crippen LogP contribution in [0.5, 0.6) is 0 Å². The van der Waals surface area contributed by atoms with Gasteiger partial charge in [-0.05, 0) is 30.9 Å². The van der Waals surface area contributed by atoms with Gasteiger partial charge in [0.05, 0.1) is 17.1 Å². The molecule has 2 rings (SSSR count). The van der Waals surface area contributed by atoms with Crippen molar-refractivity contribution in [3.63, 3.8) is 0 Å². The molecule has 21 heavy (non-hydrogen) atoms. The summed E-state index contributed by atoms with van der Waals surface area (Å²) in [5, 5.41) is 12.2. The van der Waals surface area contributed by atoms with Gasteiger partial charge in [0.1, 0.15) is 5.82 Å². The molecule has 0 amide bonds. The molecule has 1 unspecified atom stereocenters. The molecule has 1 fully saturated rings. The van der Waals surface area contributed by atoms with Crippen LogP contribution in [0.2, 0.25) is 0 Å². The molecule has 0 aliphatic carbocycles. The lowest BCUT2D eigenvalue weighted by molar-refractivity contribution is 0.0696. The Balaban J connectivity index is 2.24. The third kappa shape index (κ3) is 4.17. The first-order chi connectivity index (χ1) is 9.77. The van der Waals surface area contributed by atoms with Crippen LogP contribution in [-0.2, 0) is 9.84 Å². The number of nitrogens with zero attached hydrogens (tertiary/aromatic N) is 1. The van der Waals surface area contributed by atoms with E-state index in [9.17, 15) is 13.2 Å². The molecular weight excluding hydrogens is 292 g/mol. The van der Waals surface area contributed by atoms with Crippen LogP contribution in [0.3, 0.4) is 0 Å². The van der Waals surface area contributed by atoms with Gasteiger partial charge in [-0.15, -0.1) is 0 Å². The van der Waals surface area contributed by atoms with Gasteiger partial charge in [0, 0.05) is 11.7 Å². The Morgan fingerprint density at radius 2 is 2.14 bits per heavy atom. The van der Waals surface area contributed by atoms with Crippen molar-refractivity contribution in [2.45, 2.75) is 38.6 Å². The van der Waals surface area contributed by atoms with Crippen molar-refractivity contribution < 1.29 is 18.3 Å². The Morgan fingerprint density at radius 1 is 1.43 bits per heavy atom. The van der Waals surface area contributed by atoms with E-state index in [1.807, 2.05) is 13.8 Å². The minimum atomic E-state index is -3.01. The average molecular weight is 312 g/mol. The van der Waals surface area contributed by atoms with E-state index in [0.717, 1.165) is 6.42 Å². The SMILES string of the molecule is CC(C)c1cc(C(=O)O)cc(NC2CCCS(=O)(=O)C2)n1. The number of rotatable bonds is 4. The van der Waals surface area contributed by atoms with E-state index in [-0.39, 0.29) is 29.0 Å². The highest BCUT2D eigenvalue weighted by molar-refractivity contribution is 7.91. The van der Waals surface area contributed by atoms with Crippen LogP contribution in [0.25, 0.3) is 0 Å². The highest BCUT2D eigenvalue weighted by Crippen LogP contribution is 2.21. The fourth-order valence-electron chi connectivity index (χ4n) is 2.39. The van der Waals surface area contributed by atoms with Crippen LogP contribution in [0.4, 0.5) is 5.82 Å². The number of aromatic nitrogens is 1. The number of hydrogen-bond acceptors (Lipinski definition) is 5. The molecular formula is C14H20N2O4S. The van der Waals surface area contributed by atoms with Crippen molar-refractivity contribution in [3.8, 4) is 0 Å². The van der Waals surface area contributed by atoms with Gasteiger partial charge in [-0.2, -0.15) is 0 Å². The summed E-state index contributed by atoms with van der Waals surface area (Å²) in [6.07, 6.45) is 1.37. The Labute approximate surface area is 124 Å². The molecule has 1 aliphatic heterocycles. The minimum absolute atomic E-state index is 0.0724. The summed E-state index contributed by atoms with van der Waals surface area (Å²) in [6.45, 7) is 3.87. The highest BCUT2D eigenvalue weighted by atomic mass is 32.2. The maximum absolute atomic E-state index is 11.6. The van der Waals surface area contributed by atoms with Crippen molar-refractivity contribution >= 4 is 21.6 Å². The topological polar surface area (TPSA) is 96.4 Å². The summed E-state index contributed by atoms with van der Waals surface area (Å²) in [4.78, 5) is 15.6. The molecule has 6 nitrogen and oxygen atoms in total. The average Bonchev–Trinajstić information content (AvgIpc) is 2.36. The summed E-state index contributed by atoms with van der Waals surface area (Å²) in [6, 6.07) is 2.80. The maximum atomic E-state index is 11.6. The van der Waals surface area contributed by atoms with Crippen molar-refractivity contribution in [1.29, 1.82) is 0 Å². The molecule has 2 N–H and O–H groups in total. The molecule has 0 bridgehead atoms. The second-order valence-corrected chi connectivity index (χ2v) is 7.95. The largest absolute Gasteiger partial charge is 0.478 e. The molecule has 116 valence electrons. The van der Waals surface area contributed by atoms with Crippen LogP contribution in [0, 0.1) is 0 Å². The third-order valence-corrected chi connectivity index (χ3v) is 5.32. The number of carboxylic acid groups (broad SMARTS) is 1. The molecule has 0 aromatic carbocycles. The molecule has 1 saturated heterocycles. The number of aromatic carboxylic acids is 1. The van der Waals surface area contributed by atoms with Gasteiger partial charge in [0.15, 0.2) is 9.84 Å². The zero-order valence-electron chi connectivity index (χ0n) is 12.2. The second-order valence-electron chi connectivity index (χ2n) is 5.72. The van der Waals surface area contributed by atoms with Crippen LogP contribution < -0.4 is 5.32 Å². The predicted octanol–water partition coefficient (Wildman–Crippen LogP) is 1.89. The van der Waals surface area contributed by atoms with E-state index in [4.69, 9.17) is 5.11 Å². The van der Waals surface area contributed by atoms with E-state index in [0.29, 0.717) is 17.9 Å². The third-order valence-electron chi connectivity index (χ3n) is 3.50. The van der Waals surface area contributed by atoms with Crippen LogP contribution in [-0.4, -0.2) is 42.0 Å². The smallest absolute Gasteiger partial charge is 0.335 e. The van der Waals surface area contributed by atoms with Gasteiger partial charge < -0.3 is 10.4 Å². The Kier molecular flexibility index (Phi) is 4.51. The van der Waals surface area contributed by atoms with Crippen molar-refractivity contribution in [2.24, 2.45) is 0 Å². The van der Waals surface area contributed by atoms with Gasteiger partial charge in [0.25, 0.3) is 0 Å². The number of carboxylic acids is 1. The summed E-state index contributed by atoms with van der Waals surface area (Å²) in [7, 11) is -3.01. The lowest BCUT2D eigenvalue weighted by Gasteiger charge is -2.24. The van der Waals surface area contributed by atoms with Gasteiger partial charge in [-0.25, -0.2) is 18.2 Å². The number of anilines is 1. The first kappa shape index (κ1) is 15.8. The quantitative estimate of drug-likeness (QED) is 0.881. The molecule has 0 saturated carbocycles. The summed E-state index contributed by atoms with van der Waals surface area (Å²) in [5.74, 6) is -0.187. The van der Waals surface area contributed by atoms with Gasteiger partial charge in [-0.1, -0.05) is 13.8 Å². The predicted molar refractivity (Wildman–Crippen MR) is 80.6 cm³/mol. The van der Waals surface area contributed by atoms with Gasteiger partial charge >= 0.3 is 5.97 Å². The fraction of sp³-hybridized carbons (Fsp3) is 0.571. The van der Waals surface area contributed by atoms with E-state index in [1.165, 1.54) is 6.07 Å². The zero-order chi connectivity index (χ0) is 15.6. The number of pyridine rings is 1. The second kappa shape index (κ2) is 6.01. The van der Waals surface area contributed by atoms with E-state index >= 15 is 0 Å². The molecule has 0 spiro atoms. The Bertz CT molecular complexity index is 640. The number of hydrogen-bond donors (Lipinski definition) is 2. The van der Waals surface area contributed by atoms with Crippen LogP contribution in [0.1, 0.15) is 48.7 Å². The van der Waals surface area contributed by atoms with Crippen molar-refractivity contribution in [3.05, 3.63) is 23.4 Å². The Hall–Kier alpha value is -1.63. The Morgan fingerprint density at radius 3 is 2.71 bits per heavy atom. The van der Waals surface area contributed by atoms with Crippen molar-refractivity contribution in [2.75, 3.05) is 16.8 Å². The molecule has 1 aliphatic rings. The lowest BCUT2D eigenvalue weighted by Crippen LogP contribution is -2.35. The molecule has 0 radical (unpaired) electrons. The lowest BCUT2D eigenvalue weighted by atomic mass is 10.1. The summed E-state index contributed by atoms with van der Waals surface area (Å²) >= 11 is 0.